The Hall–Kier alpha value is -1.96. The van der Waals surface area contributed by atoms with E-state index in [9.17, 15) is 10.1 Å². The lowest BCUT2D eigenvalue weighted by Gasteiger charge is -2.23. The van der Waals surface area contributed by atoms with Crippen molar-refractivity contribution in [1.82, 2.24) is 9.97 Å². The largest absolute Gasteiger partial charge is 0.378 e. The van der Waals surface area contributed by atoms with Gasteiger partial charge in [-0.05, 0) is 13.8 Å². The minimum Gasteiger partial charge on any atom is -0.378 e. The fourth-order valence-electron chi connectivity index (χ4n) is 1.07. The highest BCUT2D eigenvalue weighted by Crippen LogP contribution is 2.26. The van der Waals surface area contributed by atoms with Gasteiger partial charge in [-0.25, -0.2) is 9.97 Å². The van der Waals surface area contributed by atoms with Gasteiger partial charge in [0, 0.05) is 13.7 Å². The van der Waals surface area contributed by atoms with Crippen LogP contribution in [0, 0.1) is 10.1 Å². The summed E-state index contributed by atoms with van der Waals surface area (Å²) in [5, 5.41) is 13.6. The molecule has 0 amide bonds. The van der Waals surface area contributed by atoms with E-state index in [1.807, 2.05) is 13.8 Å². The van der Waals surface area contributed by atoms with Crippen molar-refractivity contribution in [2.45, 2.75) is 19.4 Å². The molecule has 0 spiro atoms. The van der Waals surface area contributed by atoms with Gasteiger partial charge in [0.25, 0.3) is 0 Å². The minimum atomic E-state index is -0.614. The molecule has 0 bridgehead atoms. The highest BCUT2D eigenvalue weighted by Gasteiger charge is 2.23. The molecule has 0 radical (unpaired) electrons. The number of anilines is 2. The Bertz CT molecular complexity index is 421. The van der Waals surface area contributed by atoms with Crippen LogP contribution in [0.2, 0.25) is 0 Å². The lowest BCUT2D eigenvalue weighted by atomic mass is 10.1. The Morgan fingerprint density at radius 3 is 2.76 bits per heavy atom. The molecule has 1 heterocycles. The van der Waals surface area contributed by atoms with Crippen molar-refractivity contribution in [3.8, 4) is 0 Å². The Labute approximate surface area is 98.4 Å². The molecule has 0 aliphatic carbocycles. The van der Waals surface area contributed by atoms with Crippen LogP contribution in [0.15, 0.2) is 6.33 Å². The second-order valence-electron chi connectivity index (χ2n) is 4.03. The van der Waals surface area contributed by atoms with E-state index in [2.05, 4.69) is 15.3 Å². The van der Waals surface area contributed by atoms with Gasteiger partial charge in [-0.15, -0.1) is 0 Å². The van der Waals surface area contributed by atoms with E-state index in [-0.39, 0.29) is 17.3 Å². The predicted molar refractivity (Wildman–Crippen MR) is 62.7 cm³/mol. The molecule has 0 saturated carbocycles. The molecule has 0 atom stereocenters. The number of ether oxygens (including phenoxy) is 1. The van der Waals surface area contributed by atoms with Gasteiger partial charge in [0.2, 0.25) is 11.6 Å². The molecule has 17 heavy (non-hydrogen) atoms. The molecule has 1 aromatic heterocycles. The standard InChI is InChI=1S/C9H15N5O3/c1-9(2,17-3)4-11-8-6(14(15)16)7(10)12-5-13-8/h5H,4H2,1-3H3,(H3,10,11,12,13). The van der Waals surface area contributed by atoms with E-state index in [0.29, 0.717) is 6.54 Å². The topological polar surface area (TPSA) is 116 Å². The normalized spacial score (nSPS) is 11.2. The summed E-state index contributed by atoms with van der Waals surface area (Å²) in [5.41, 5.74) is 4.65. The SMILES string of the molecule is COC(C)(C)CNc1ncnc(N)c1[N+](=O)[O-]. The van der Waals surface area contributed by atoms with Crippen molar-refractivity contribution >= 4 is 17.3 Å². The average Bonchev–Trinajstić information content (AvgIpc) is 2.26. The van der Waals surface area contributed by atoms with Crippen molar-refractivity contribution < 1.29 is 9.66 Å². The summed E-state index contributed by atoms with van der Waals surface area (Å²) in [5.74, 6) is -0.0738. The lowest BCUT2D eigenvalue weighted by molar-refractivity contribution is -0.383. The molecular weight excluding hydrogens is 226 g/mol. The Morgan fingerprint density at radius 2 is 2.24 bits per heavy atom. The molecule has 0 aromatic carbocycles. The quantitative estimate of drug-likeness (QED) is 0.578. The van der Waals surface area contributed by atoms with Crippen molar-refractivity contribution in [2.75, 3.05) is 24.7 Å². The monoisotopic (exact) mass is 241 g/mol. The highest BCUT2D eigenvalue weighted by molar-refractivity contribution is 5.67. The third-order valence-corrected chi connectivity index (χ3v) is 2.27. The van der Waals surface area contributed by atoms with Crippen LogP contribution in [0.25, 0.3) is 0 Å². The van der Waals surface area contributed by atoms with E-state index in [0.717, 1.165) is 0 Å². The van der Waals surface area contributed by atoms with Crippen LogP contribution in [0.1, 0.15) is 13.8 Å². The summed E-state index contributed by atoms with van der Waals surface area (Å²) in [6, 6.07) is 0. The fraction of sp³-hybridized carbons (Fsp3) is 0.556. The van der Waals surface area contributed by atoms with E-state index in [1.54, 1.807) is 7.11 Å². The van der Waals surface area contributed by atoms with Gasteiger partial charge in [-0.1, -0.05) is 0 Å². The summed E-state index contributed by atoms with van der Waals surface area (Å²) in [6.07, 6.45) is 1.17. The molecule has 8 heteroatoms. The number of nitrogens with two attached hydrogens (primary N) is 1. The van der Waals surface area contributed by atoms with Crippen LogP contribution >= 0.6 is 0 Å². The summed E-state index contributed by atoms with van der Waals surface area (Å²) in [7, 11) is 1.56. The highest BCUT2D eigenvalue weighted by atomic mass is 16.6. The van der Waals surface area contributed by atoms with Gasteiger partial charge < -0.3 is 15.8 Å². The molecule has 0 saturated heterocycles. The maximum absolute atomic E-state index is 10.8. The summed E-state index contributed by atoms with van der Waals surface area (Å²) >= 11 is 0. The van der Waals surface area contributed by atoms with Crippen molar-refractivity contribution in [2.24, 2.45) is 0 Å². The van der Waals surface area contributed by atoms with Crippen LogP contribution in [0.3, 0.4) is 0 Å². The zero-order valence-corrected chi connectivity index (χ0v) is 9.93. The Morgan fingerprint density at radius 1 is 1.59 bits per heavy atom. The van der Waals surface area contributed by atoms with E-state index in [4.69, 9.17) is 10.5 Å². The molecule has 0 aliphatic rings. The molecular formula is C9H15N5O3. The molecule has 0 unspecified atom stereocenters. The van der Waals surface area contributed by atoms with Gasteiger partial charge in [-0.2, -0.15) is 0 Å². The first-order valence-corrected chi connectivity index (χ1v) is 4.91. The number of nitrogens with zero attached hydrogens (tertiary/aromatic N) is 3. The molecule has 94 valence electrons. The number of nitrogens with one attached hydrogen (secondary N) is 1. The van der Waals surface area contributed by atoms with Crippen LogP contribution in [0.4, 0.5) is 17.3 Å². The number of nitro groups is 1. The van der Waals surface area contributed by atoms with Crippen LogP contribution in [-0.2, 0) is 4.74 Å². The van der Waals surface area contributed by atoms with Gasteiger partial charge in [-0.3, -0.25) is 10.1 Å². The number of hydrogen-bond acceptors (Lipinski definition) is 7. The van der Waals surface area contributed by atoms with E-state index >= 15 is 0 Å². The first kappa shape index (κ1) is 13.1. The fourth-order valence-corrected chi connectivity index (χ4v) is 1.07. The Balaban J connectivity index is 2.92. The molecule has 0 aliphatic heterocycles. The summed E-state index contributed by atoms with van der Waals surface area (Å²) in [4.78, 5) is 17.6. The van der Waals surface area contributed by atoms with Crippen LogP contribution in [-0.4, -0.2) is 34.1 Å². The second kappa shape index (κ2) is 4.91. The minimum absolute atomic E-state index is 0.0904. The Kier molecular flexibility index (Phi) is 3.79. The van der Waals surface area contributed by atoms with Gasteiger partial charge in [0.05, 0.1) is 10.5 Å². The van der Waals surface area contributed by atoms with Crippen LogP contribution in [0.5, 0.6) is 0 Å². The van der Waals surface area contributed by atoms with E-state index < -0.39 is 10.5 Å². The van der Waals surface area contributed by atoms with Gasteiger partial charge in [0.1, 0.15) is 6.33 Å². The van der Waals surface area contributed by atoms with Gasteiger partial charge in [0.15, 0.2) is 0 Å². The zero-order chi connectivity index (χ0) is 13.1. The van der Waals surface area contributed by atoms with E-state index in [1.165, 1.54) is 6.33 Å². The third-order valence-electron chi connectivity index (χ3n) is 2.27. The molecule has 1 aromatic rings. The van der Waals surface area contributed by atoms with Crippen molar-refractivity contribution in [3.63, 3.8) is 0 Å². The first-order chi connectivity index (χ1) is 7.87. The molecule has 1 rings (SSSR count). The molecule has 3 N–H and O–H groups in total. The maximum atomic E-state index is 10.8. The van der Waals surface area contributed by atoms with Crippen LogP contribution < -0.4 is 11.1 Å². The predicted octanol–water partition coefficient (Wildman–Crippen LogP) is 0.804. The smallest absolute Gasteiger partial charge is 0.352 e. The van der Waals surface area contributed by atoms with Crippen molar-refractivity contribution in [1.29, 1.82) is 0 Å². The third kappa shape index (κ3) is 3.25. The number of aromatic nitrogens is 2. The number of methoxy groups -OCH3 is 1. The number of rotatable bonds is 5. The number of hydrogen-bond donors (Lipinski definition) is 2. The number of nitrogen functional groups attached to an aromatic ring is 1. The maximum Gasteiger partial charge on any atom is 0.352 e. The zero-order valence-electron chi connectivity index (χ0n) is 9.93. The van der Waals surface area contributed by atoms with Crippen molar-refractivity contribution in [3.05, 3.63) is 16.4 Å². The second-order valence-corrected chi connectivity index (χ2v) is 4.03. The molecule has 8 nitrogen and oxygen atoms in total. The summed E-state index contributed by atoms with van der Waals surface area (Å²) in [6.45, 7) is 4.05. The average molecular weight is 241 g/mol. The first-order valence-electron chi connectivity index (χ1n) is 4.91. The lowest BCUT2D eigenvalue weighted by Crippen LogP contribution is -2.32. The van der Waals surface area contributed by atoms with Gasteiger partial charge >= 0.3 is 5.69 Å². The molecule has 0 fully saturated rings. The summed E-state index contributed by atoms with van der Waals surface area (Å²) < 4.78 is 5.18.